The molecule has 0 radical (unpaired) electrons. The lowest BCUT2D eigenvalue weighted by Crippen LogP contribution is -2.33. The van der Waals surface area contributed by atoms with E-state index in [9.17, 15) is 0 Å². The van der Waals surface area contributed by atoms with Crippen molar-refractivity contribution in [3.8, 4) is 0 Å². The number of nitrogens with two attached hydrogens (primary N) is 1. The first kappa shape index (κ1) is 14.6. The third-order valence-electron chi connectivity index (χ3n) is 3.88. The van der Waals surface area contributed by atoms with Crippen LogP contribution in [0.25, 0.3) is 0 Å². The molecule has 0 atom stereocenters. The highest BCUT2D eigenvalue weighted by Gasteiger charge is 2.19. The molecule has 2 fully saturated rings. The molecule has 0 bridgehead atoms. The molecular weight excluding hydrogens is 286 g/mol. The maximum Gasteiger partial charge on any atom is 0.243 e. The van der Waals surface area contributed by atoms with Gasteiger partial charge in [0.15, 0.2) is 0 Å². The van der Waals surface area contributed by atoms with Crippen molar-refractivity contribution < 1.29 is 0 Å². The van der Waals surface area contributed by atoms with Crippen LogP contribution in [0.15, 0.2) is 0 Å². The summed E-state index contributed by atoms with van der Waals surface area (Å²) in [6.07, 6.45) is 4.86. The number of aromatic nitrogens is 3. The van der Waals surface area contributed by atoms with E-state index >= 15 is 0 Å². The van der Waals surface area contributed by atoms with E-state index < -0.39 is 0 Å². The Labute approximate surface area is 129 Å². The molecule has 2 aliphatic rings. The number of thioether (sulfide) groups is 1. The Bertz CT molecular complexity index is 456. The summed E-state index contributed by atoms with van der Waals surface area (Å²) >= 11 is 1.99. The second-order valence-electron chi connectivity index (χ2n) is 5.40. The quantitative estimate of drug-likeness (QED) is 0.634. The Morgan fingerprint density at radius 1 is 0.810 bits per heavy atom. The Balaban J connectivity index is 1.84. The minimum absolute atomic E-state index is 0.456. The third-order valence-corrected chi connectivity index (χ3v) is 4.93. The topological polar surface area (TPSA) is 83.2 Å². The van der Waals surface area contributed by atoms with Gasteiger partial charge in [-0.1, -0.05) is 0 Å². The average Bonchev–Trinajstić information content (AvgIpc) is 2.84. The maximum absolute atomic E-state index is 5.53. The molecule has 0 unspecified atom stereocenters. The lowest BCUT2D eigenvalue weighted by Gasteiger charge is -2.28. The number of piperidine rings is 1. The van der Waals surface area contributed by atoms with Gasteiger partial charge in [-0.3, -0.25) is 5.43 Å². The van der Waals surface area contributed by atoms with E-state index in [1.165, 1.54) is 31.4 Å². The van der Waals surface area contributed by atoms with Crippen molar-refractivity contribution in [2.75, 3.05) is 52.9 Å². The summed E-state index contributed by atoms with van der Waals surface area (Å²) in [5.41, 5.74) is 2.58. The van der Waals surface area contributed by atoms with Gasteiger partial charge in [0, 0.05) is 31.9 Å². The lowest BCUT2D eigenvalue weighted by atomic mass is 10.1. The second kappa shape index (κ2) is 7.13. The molecule has 0 amide bonds. The number of hydrogen-bond donors (Lipinski definition) is 2. The molecule has 0 spiro atoms. The molecule has 1 aromatic heterocycles. The van der Waals surface area contributed by atoms with Crippen molar-refractivity contribution in [3.63, 3.8) is 0 Å². The van der Waals surface area contributed by atoms with Gasteiger partial charge in [0.2, 0.25) is 17.8 Å². The highest BCUT2D eigenvalue weighted by molar-refractivity contribution is 7.99. The zero-order valence-electron chi connectivity index (χ0n) is 12.3. The molecule has 0 aromatic carbocycles. The van der Waals surface area contributed by atoms with E-state index in [0.717, 1.165) is 43.8 Å². The van der Waals surface area contributed by atoms with E-state index in [-0.39, 0.29) is 0 Å². The molecular formula is C13H23N7S. The minimum atomic E-state index is 0.456. The molecule has 3 heterocycles. The first-order valence-electron chi connectivity index (χ1n) is 7.67. The van der Waals surface area contributed by atoms with Crippen molar-refractivity contribution in [3.05, 3.63) is 0 Å². The van der Waals surface area contributed by atoms with Crippen molar-refractivity contribution >= 4 is 29.6 Å². The van der Waals surface area contributed by atoms with Gasteiger partial charge in [-0.25, -0.2) is 5.84 Å². The fourth-order valence-corrected chi connectivity index (χ4v) is 3.63. The fourth-order valence-electron chi connectivity index (χ4n) is 2.74. The smallest absolute Gasteiger partial charge is 0.243 e. The molecule has 7 nitrogen and oxygen atoms in total. The highest BCUT2D eigenvalue weighted by Crippen LogP contribution is 2.21. The summed E-state index contributed by atoms with van der Waals surface area (Å²) < 4.78 is 0. The van der Waals surface area contributed by atoms with Crippen LogP contribution in [0.2, 0.25) is 0 Å². The van der Waals surface area contributed by atoms with Gasteiger partial charge in [-0.15, -0.1) is 0 Å². The molecule has 0 saturated carbocycles. The largest absolute Gasteiger partial charge is 0.341 e. The molecule has 21 heavy (non-hydrogen) atoms. The van der Waals surface area contributed by atoms with Gasteiger partial charge in [0.1, 0.15) is 0 Å². The maximum atomic E-state index is 5.53. The number of rotatable bonds is 3. The van der Waals surface area contributed by atoms with E-state index in [2.05, 4.69) is 25.2 Å². The number of nitrogen functional groups attached to an aromatic ring is 1. The Hall–Kier alpha value is -1.28. The minimum Gasteiger partial charge on any atom is -0.341 e. The summed E-state index contributed by atoms with van der Waals surface area (Å²) in [5.74, 6) is 9.83. The second-order valence-corrected chi connectivity index (χ2v) is 6.63. The zero-order chi connectivity index (χ0) is 14.5. The van der Waals surface area contributed by atoms with Crippen LogP contribution in [0, 0.1) is 0 Å². The van der Waals surface area contributed by atoms with Gasteiger partial charge in [-0.2, -0.15) is 26.7 Å². The highest BCUT2D eigenvalue weighted by atomic mass is 32.2. The van der Waals surface area contributed by atoms with Gasteiger partial charge in [-0.05, 0) is 31.4 Å². The summed E-state index contributed by atoms with van der Waals surface area (Å²) in [6.45, 7) is 4.02. The van der Waals surface area contributed by atoms with Crippen LogP contribution in [-0.4, -0.2) is 52.6 Å². The molecule has 116 valence electrons. The fraction of sp³-hybridized carbons (Fsp3) is 0.769. The predicted octanol–water partition coefficient (Wildman–Crippen LogP) is 1.09. The predicted molar refractivity (Wildman–Crippen MR) is 87.9 cm³/mol. The van der Waals surface area contributed by atoms with Gasteiger partial charge < -0.3 is 9.80 Å². The van der Waals surface area contributed by atoms with Crippen molar-refractivity contribution in [2.45, 2.75) is 25.7 Å². The van der Waals surface area contributed by atoms with Gasteiger partial charge >= 0.3 is 0 Å². The summed E-state index contributed by atoms with van der Waals surface area (Å²) in [4.78, 5) is 18.1. The number of hydrazine groups is 1. The number of nitrogens with one attached hydrogen (secondary N) is 1. The summed E-state index contributed by atoms with van der Waals surface area (Å²) in [5, 5.41) is 0. The Morgan fingerprint density at radius 2 is 1.48 bits per heavy atom. The van der Waals surface area contributed by atoms with E-state index in [4.69, 9.17) is 10.8 Å². The number of nitrogens with zero attached hydrogens (tertiary/aromatic N) is 5. The SMILES string of the molecule is NNc1nc(N2CCCCC2)nc(N2CCCSCC2)n1. The monoisotopic (exact) mass is 309 g/mol. The first-order valence-corrected chi connectivity index (χ1v) is 8.82. The van der Waals surface area contributed by atoms with Crippen molar-refractivity contribution in [1.29, 1.82) is 0 Å². The van der Waals surface area contributed by atoms with E-state index in [1.807, 2.05) is 11.8 Å². The van der Waals surface area contributed by atoms with Gasteiger partial charge in [0.05, 0.1) is 0 Å². The molecule has 2 saturated heterocycles. The molecule has 2 aliphatic heterocycles. The molecule has 0 aliphatic carbocycles. The van der Waals surface area contributed by atoms with E-state index in [0.29, 0.717) is 5.95 Å². The normalized spacial score (nSPS) is 20.2. The van der Waals surface area contributed by atoms with Crippen molar-refractivity contribution in [1.82, 2.24) is 15.0 Å². The van der Waals surface area contributed by atoms with Crippen molar-refractivity contribution in [2.24, 2.45) is 5.84 Å². The van der Waals surface area contributed by atoms with Crippen LogP contribution in [0.3, 0.4) is 0 Å². The number of hydrogen-bond acceptors (Lipinski definition) is 8. The zero-order valence-corrected chi connectivity index (χ0v) is 13.1. The van der Waals surface area contributed by atoms with Crippen LogP contribution >= 0.6 is 11.8 Å². The Kier molecular flexibility index (Phi) is 4.97. The first-order chi connectivity index (χ1) is 10.4. The molecule has 8 heteroatoms. The molecule has 3 rings (SSSR count). The van der Waals surface area contributed by atoms with Crippen LogP contribution in [0.5, 0.6) is 0 Å². The Morgan fingerprint density at radius 3 is 2.19 bits per heavy atom. The van der Waals surface area contributed by atoms with Gasteiger partial charge in [0.25, 0.3) is 0 Å². The number of anilines is 3. The standard InChI is InChI=1S/C13H23N7S/c14-18-11-15-12(19-5-2-1-3-6-19)17-13(16-11)20-7-4-9-21-10-8-20/h1-10,14H2,(H,15,16,17,18). The van der Waals surface area contributed by atoms with Crippen LogP contribution in [0.4, 0.5) is 17.8 Å². The van der Waals surface area contributed by atoms with Crippen LogP contribution in [0.1, 0.15) is 25.7 Å². The summed E-state index contributed by atoms with van der Waals surface area (Å²) in [7, 11) is 0. The third kappa shape index (κ3) is 3.68. The average molecular weight is 309 g/mol. The molecule has 1 aromatic rings. The van der Waals surface area contributed by atoms with Crippen LogP contribution in [-0.2, 0) is 0 Å². The summed E-state index contributed by atoms with van der Waals surface area (Å²) in [6, 6.07) is 0. The lowest BCUT2D eigenvalue weighted by molar-refractivity contribution is 0.567. The molecule has 3 N–H and O–H groups in total. The van der Waals surface area contributed by atoms with Crippen LogP contribution < -0.4 is 21.1 Å². The van der Waals surface area contributed by atoms with E-state index in [1.54, 1.807) is 0 Å².